The zero-order chi connectivity index (χ0) is 53.7. The molecular formula is C56H56N3OPt-. The van der Waals surface area contributed by atoms with Crippen LogP contribution in [-0.4, -0.2) is 19.6 Å². The summed E-state index contributed by atoms with van der Waals surface area (Å²) in [7, 11) is 0. The van der Waals surface area contributed by atoms with E-state index in [1.54, 1.807) is 6.07 Å². The fraction of sp³-hybridized carbons (Fsp3) is 0.250. The molecule has 0 aliphatic rings. The van der Waals surface area contributed by atoms with E-state index in [-0.39, 0.29) is 43.4 Å². The zero-order valence-corrected chi connectivity index (χ0v) is 37.8. The predicted molar refractivity (Wildman–Crippen MR) is 252 cm³/mol. The van der Waals surface area contributed by atoms with Crippen LogP contribution in [-0.2, 0) is 37.3 Å². The Labute approximate surface area is 395 Å². The van der Waals surface area contributed by atoms with Gasteiger partial charge < -0.3 is 5.11 Å². The van der Waals surface area contributed by atoms with Gasteiger partial charge >= 0.3 is 0 Å². The van der Waals surface area contributed by atoms with Gasteiger partial charge in [-0.15, -0.1) is 29.3 Å². The van der Waals surface area contributed by atoms with Crippen molar-refractivity contribution in [2.45, 2.75) is 92.2 Å². The Kier molecular flexibility index (Phi) is 7.95. The summed E-state index contributed by atoms with van der Waals surface area (Å²) in [5.41, 5.74) is 4.97. The summed E-state index contributed by atoms with van der Waals surface area (Å²) < 4.78 is 112. The number of phenolic OH excluding ortho intramolecular Hbond substituents is 1. The smallest absolute Gasteiger partial charge is 0.148 e. The molecule has 1 N–H and O–H groups in total. The van der Waals surface area contributed by atoms with Crippen molar-refractivity contribution in [1.29, 1.82) is 0 Å². The maximum absolute atomic E-state index is 11.8. The molecule has 8 aromatic rings. The number of fused-ring (bicyclic) bond motifs is 1. The Bertz CT molecular complexity index is 3410. The molecule has 2 heterocycles. The molecule has 0 atom stereocenters. The normalized spacial score (nSPS) is 15.8. The number of rotatable bonds is 6. The Morgan fingerprint density at radius 2 is 1.36 bits per heavy atom. The number of aromatic nitrogens is 3. The molecule has 0 amide bonds. The molecule has 0 aliphatic carbocycles. The first-order valence-electron chi connectivity index (χ1n) is 26.5. The van der Waals surface area contributed by atoms with Gasteiger partial charge in [-0.2, -0.15) is 0 Å². The van der Waals surface area contributed by atoms with Crippen LogP contribution in [0.25, 0.3) is 72.7 Å². The summed E-state index contributed by atoms with van der Waals surface area (Å²) >= 11 is 0. The van der Waals surface area contributed by atoms with Gasteiger partial charge in [0.1, 0.15) is 11.6 Å². The number of hydrogen-bond donors (Lipinski definition) is 1. The van der Waals surface area contributed by atoms with E-state index in [2.05, 4.69) is 87.5 Å². The molecule has 6 aromatic carbocycles. The van der Waals surface area contributed by atoms with Crippen LogP contribution in [0, 0.1) is 19.9 Å². The average molecular weight is 995 g/mol. The van der Waals surface area contributed by atoms with Crippen LogP contribution in [0.2, 0.25) is 0 Å². The largest absolute Gasteiger partial charge is 0.507 e. The minimum Gasteiger partial charge on any atom is -0.507 e. The number of phenols is 1. The van der Waals surface area contributed by atoms with Crippen molar-refractivity contribution in [3.63, 3.8) is 0 Å². The number of para-hydroxylation sites is 1. The molecule has 0 bridgehead atoms. The second-order valence-corrected chi connectivity index (χ2v) is 17.6. The van der Waals surface area contributed by atoms with E-state index < -0.39 is 61.1 Å². The van der Waals surface area contributed by atoms with Crippen molar-refractivity contribution in [3.8, 4) is 67.5 Å². The van der Waals surface area contributed by atoms with Crippen molar-refractivity contribution < 1.29 is 44.0 Å². The molecule has 4 nitrogen and oxygen atoms in total. The van der Waals surface area contributed by atoms with Crippen LogP contribution in [0.4, 0.5) is 0 Å². The molecule has 0 saturated heterocycles. The van der Waals surface area contributed by atoms with Crippen molar-refractivity contribution in [1.82, 2.24) is 14.5 Å². The fourth-order valence-corrected chi connectivity index (χ4v) is 7.71. The van der Waals surface area contributed by atoms with Gasteiger partial charge in [0, 0.05) is 51.0 Å². The van der Waals surface area contributed by atoms with E-state index in [1.807, 2.05) is 74.5 Å². The van der Waals surface area contributed by atoms with Gasteiger partial charge in [0.25, 0.3) is 0 Å². The Balaban J connectivity index is 0.00000800. The van der Waals surface area contributed by atoms with Crippen LogP contribution >= 0.6 is 0 Å². The molecule has 5 heteroatoms. The maximum atomic E-state index is 11.8. The van der Waals surface area contributed by atoms with Crippen molar-refractivity contribution >= 4 is 11.0 Å². The first kappa shape index (κ1) is 29.6. The van der Waals surface area contributed by atoms with Gasteiger partial charge in [-0.3, -0.25) is 9.55 Å². The van der Waals surface area contributed by atoms with E-state index in [0.29, 0.717) is 39.3 Å². The number of benzene rings is 6. The molecular weight excluding hydrogens is 926 g/mol. The third-order valence-corrected chi connectivity index (χ3v) is 10.9. The standard InChI is InChI=1S/C56H56N3O.Pt/c1-35-28-36(2)52(60)47(29-35)53-58-51-46(18-15-19-50(51)59(53)44-24-25-45(38-16-13-12-14-17-38)48(34-44)56(9,10)11)40-30-41(32-43(31-40)55(6,7)8)49-33-39(26-27-57-49)37-20-22-42(23-21-37)54(3,4)5;/h12-29,31-34,60H,1-11H3;/q-1;/i3D3,4D3,5D3,20D,21D,22D,23D;. The van der Waals surface area contributed by atoms with E-state index in [0.717, 1.165) is 44.6 Å². The second kappa shape index (κ2) is 16.4. The molecule has 0 unspecified atom stereocenters. The summed E-state index contributed by atoms with van der Waals surface area (Å²) in [4.78, 5) is 10.1. The minimum atomic E-state index is -3.81. The summed E-state index contributed by atoms with van der Waals surface area (Å²) in [6, 6.07) is 33.1. The molecule has 0 saturated carbocycles. The Hall–Kier alpha value is -5.57. The number of aryl methyl sites for hydroxylation is 2. The van der Waals surface area contributed by atoms with Gasteiger partial charge in [0.2, 0.25) is 0 Å². The Morgan fingerprint density at radius 3 is 2.05 bits per heavy atom. The molecule has 61 heavy (non-hydrogen) atoms. The van der Waals surface area contributed by atoms with Gasteiger partial charge in [0.15, 0.2) is 0 Å². The van der Waals surface area contributed by atoms with Crippen LogP contribution in [0.5, 0.6) is 5.75 Å². The van der Waals surface area contributed by atoms with Gasteiger partial charge in [-0.05, 0) is 105 Å². The second-order valence-electron chi connectivity index (χ2n) is 17.6. The number of hydrogen-bond acceptors (Lipinski definition) is 3. The quantitative estimate of drug-likeness (QED) is 0.169. The van der Waals surface area contributed by atoms with Crippen molar-refractivity contribution in [3.05, 3.63) is 167 Å². The number of aromatic hydroxyl groups is 1. The first-order valence-corrected chi connectivity index (χ1v) is 20.0. The predicted octanol–water partition coefficient (Wildman–Crippen LogP) is 14.8. The monoisotopic (exact) mass is 994 g/mol. The Morgan fingerprint density at radius 1 is 0.639 bits per heavy atom. The first-order chi connectivity index (χ1) is 33.8. The summed E-state index contributed by atoms with van der Waals surface area (Å²) in [6.45, 7) is 5.16. The van der Waals surface area contributed by atoms with Crippen LogP contribution in [0.15, 0.2) is 133 Å². The van der Waals surface area contributed by atoms with E-state index in [1.165, 1.54) is 12.3 Å². The molecule has 0 spiro atoms. The summed E-state index contributed by atoms with van der Waals surface area (Å²) in [5, 5.41) is 11.8. The topological polar surface area (TPSA) is 50.9 Å². The van der Waals surface area contributed by atoms with Gasteiger partial charge in [0.05, 0.1) is 22.1 Å². The third-order valence-electron chi connectivity index (χ3n) is 10.9. The number of imidazole rings is 1. The minimum absolute atomic E-state index is 0. The van der Waals surface area contributed by atoms with Crippen LogP contribution in [0.1, 0.15) is 108 Å². The zero-order valence-electron chi connectivity index (χ0n) is 48.5. The van der Waals surface area contributed by atoms with Gasteiger partial charge in [-0.1, -0.05) is 158 Å². The molecule has 0 radical (unpaired) electrons. The number of pyridine rings is 1. The van der Waals surface area contributed by atoms with Crippen LogP contribution in [0.3, 0.4) is 0 Å². The van der Waals surface area contributed by atoms with E-state index >= 15 is 0 Å². The average Bonchev–Trinajstić information content (AvgIpc) is 3.69. The molecule has 312 valence electrons. The fourth-order valence-electron chi connectivity index (χ4n) is 7.71. The van der Waals surface area contributed by atoms with Crippen molar-refractivity contribution in [2.75, 3.05) is 0 Å². The summed E-state index contributed by atoms with van der Waals surface area (Å²) in [6.07, 6.45) is 1.42. The van der Waals surface area contributed by atoms with Crippen molar-refractivity contribution in [2.24, 2.45) is 0 Å². The molecule has 2 aromatic heterocycles. The van der Waals surface area contributed by atoms with E-state index in [4.69, 9.17) is 22.8 Å². The van der Waals surface area contributed by atoms with Crippen LogP contribution < -0.4 is 0 Å². The third kappa shape index (κ3) is 8.66. The molecule has 8 rings (SSSR count). The summed E-state index contributed by atoms with van der Waals surface area (Å²) in [5.74, 6) is 0.637. The SMILES string of the molecule is [2H]c1c([2H])c(C(C([2H])([2H])[2H])(C([2H])([2H])[2H])C([2H])([2H])[2H])c([2H])c([2H])c1-c1ccnc(-c2[c-]c(-c3cccc4c3nc(-c3cc(C)cc(C)c3O)n4-c3ccc(-c4ccccc4)c(C(C)(C)C)c3)cc(C(C)(C)C)c2)c1.[Pt]. The molecule has 0 aliphatic heterocycles. The molecule has 0 fully saturated rings. The maximum Gasteiger partial charge on any atom is 0.148 e. The van der Waals surface area contributed by atoms with Gasteiger partial charge in [-0.25, -0.2) is 4.98 Å². The van der Waals surface area contributed by atoms with E-state index in [9.17, 15) is 5.11 Å². The number of nitrogens with zero attached hydrogens (tertiary/aromatic N) is 3.